The van der Waals surface area contributed by atoms with Crippen LogP contribution in [0.4, 0.5) is 28.4 Å². The van der Waals surface area contributed by atoms with Gasteiger partial charge in [0.2, 0.25) is 0 Å². The van der Waals surface area contributed by atoms with Crippen molar-refractivity contribution in [1.82, 2.24) is 0 Å². The van der Waals surface area contributed by atoms with Crippen molar-refractivity contribution in [1.29, 1.82) is 0 Å². The van der Waals surface area contributed by atoms with Crippen LogP contribution in [0.5, 0.6) is 0 Å². The largest absolute Gasteiger partial charge is 0.478 e. The van der Waals surface area contributed by atoms with E-state index in [1.807, 2.05) is 122 Å². The molecule has 0 aliphatic rings. The predicted molar refractivity (Wildman–Crippen MR) is 255 cm³/mol. The van der Waals surface area contributed by atoms with Crippen molar-refractivity contribution < 1.29 is 18.7 Å². The number of carboxylic acid groups (broad SMARTS) is 1. The molecule has 0 amide bonds. The van der Waals surface area contributed by atoms with Crippen LogP contribution in [0, 0.1) is 13.8 Å². The van der Waals surface area contributed by atoms with E-state index >= 15 is 0 Å². The number of fused-ring (bicyclic) bond motifs is 2. The summed E-state index contributed by atoms with van der Waals surface area (Å²) in [5, 5.41) is 18.3. The molecule has 0 spiro atoms. The summed E-state index contributed by atoms with van der Waals surface area (Å²) >= 11 is 0. The Kier molecular flexibility index (Phi) is 12.2. The summed E-state index contributed by atoms with van der Waals surface area (Å²) in [7, 11) is 0. The summed E-state index contributed by atoms with van der Waals surface area (Å²) in [5.41, 5.74) is 21.3. The molecule has 7 nitrogen and oxygen atoms in total. The van der Waals surface area contributed by atoms with E-state index in [2.05, 4.69) is 90.4 Å². The third kappa shape index (κ3) is 9.76. The van der Waals surface area contributed by atoms with Gasteiger partial charge in [-0.2, -0.15) is 0 Å². The first kappa shape index (κ1) is 40.5. The molecular formula is C55H45N3O4. The van der Waals surface area contributed by atoms with Crippen molar-refractivity contribution in [2.45, 2.75) is 13.8 Å². The van der Waals surface area contributed by atoms with E-state index in [4.69, 9.17) is 14.6 Å². The van der Waals surface area contributed by atoms with Gasteiger partial charge in [0, 0.05) is 33.5 Å². The van der Waals surface area contributed by atoms with E-state index in [-0.39, 0.29) is 5.56 Å². The second-order valence-corrected chi connectivity index (χ2v) is 14.9. The van der Waals surface area contributed by atoms with Crippen LogP contribution in [0.1, 0.15) is 21.5 Å². The lowest BCUT2D eigenvalue weighted by Crippen LogP contribution is -2.03. The molecular weight excluding hydrogens is 767 g/mol. The molecule has 2 heterocycles. The highest BCUT2D eigenvalue weighted by atomic mass is 16.4. The zero-order chi connectivity index (χ0) is 42.8. The average Bonchev–Trinajstić information content (AvgIpc) is 3.99. The van der Waals surface area contributed by atoms with Crippen LogP contribution in [0.2, 0.25) is 0 Å². The molecule has 304 valence electrons. The molecule has 10 aromatic rings. The number of anilines is 5. The van der Waals surface area contributed by atoms with Crippen LogP contribution in [0.25, 0.3) is 55.3 Å². The van der Waals surface area contributed by atoms with Crippen molar-refractivity contribution >= 4 is 56.3 Å². The summed E-state index contributed by atoms with van der Waals surface area (Å²) in [6.45, 7) is 4.14. The van der Waals surface area contributed by atoms with E-state index in [0.29, 0.717) is 5.69 Å². The highest BCUT2D eigenvalue weighted by Gasteiger charge is 2.13. The Morgan fingerprint density at radius 3 is 1.37 bits per heavy atom. The predicted octanol–water partition coefficient (Wildman–Crippen LogP) is 14.9. The molecule has 0 aliphatic carbocycles. The molecule has 0 saturated carbocycles. The molecule has 0 saturated heterocycles. The third-order valence-electron chi connectivity index (χ3n) is 10.6. The number of aromatic carboxylic acids is 1. The number of benzene rings is 8. The van der Waals surface area contributed by atoms with Crippen LogP contribution < -0.4 is 16.4 Å². The van der Waals surface area contributed by atoms with E-state index in [1.54, 1.807) is 18.6 Å². The van der Waals surface area contributed by atoms with Crippen molar-refractivity contribution in [3.63, 3.8) is 0 Å². The zero-order valence-corrected chi connectivity index (χ0v) is 34.4. The van der Waals surface area contributed by atoms with E-state index < -0.39 is 5.97 Å². The minimum atomic E-state index is -0.966. The minimum Gasteiger partial charge on any atom is -0.478 e. The molecule has 5 N–H and O–H groups in total. The summed E-state index contributed by atoms with van der Waals surface area (Å²) in [6, 6.07) is 64.2. The Morgan fingerprint density at radius 2 is 0.887 bits per heavy atom. The smallest absolute Gasteiger partial charge is 0.337 e. The summed E-state index contributed by atoms with van der Waals surface area (Å²) in [5.74, 6) is -0.966. The van der Waals surface area contributed by atoms with Gasteiger partial charge in [-0.05, 0) is 131 Å². The summed E-state index contributed by atoms with van der Waals surface area (Å²) in [4.78, 5) is 11.6. The van der Waals surface area contributed by atoms with Crippen molar-refractivity contribution in [3.05, 3.63) is 223 Å². The maximum Gasteiger partial charge on any atom is 0.337 e. The first-order valence-corrected chi connectivity index (χ1v) is 20.3. The van der Waals surface area contributed by atoms with Gasteiger partial charge in [0.1, 0.15) is 11.2 Å². The van der Waals surface area contributed by atoms with Crippen LogP contribution in [0.15, 0.2) is 215 Å². The van der Waals surface area contributed by atoms with Gasteiger partial charge in [0.25, 0.3) is 0 Å². The number of carbonyl (C=O) groups is 1. The molecule has 2 aromatic heterocycles. The molecule has 0 unspecified atom stereocenters. The zero-order valence-electron chi connectivity index (χ0n) is 34.4. The number of hydrogen-bond acceptors (Lipinski definition) is 6. The third-order valence-corrected chi connectivity index (χ3v) is 10.6. The van der Waals surface area contributed by atoms with Gasteiger partial charge in [-0.1, -0.05) is 121 Å². The summed E-state index contributed by atoms with van der Waals surface area (Å²) in [6.07, 6.45) is 3.35. The van der Waals surface area contributed by atoms with Gasteiger partial charge in [-0.25, -0.2) is 4.79 Å². The molecule has 0 radical (unpaired) electrons. The van der Waals surface area contributed by atoms with E-state index in [1.165, 1.54) is 27.8 Å². The number of furan rings is 2. The van der Waals surface area contributed by atoms with E-state index in [9.17, 15) is 9.90 Å². The number of nitrogens with one attached hydrogen (secondary N) is 2. The highest BCUT2D eigenvalue weighted by Crippen LogP contribution is 2.31. The van der Waals surface area contributed by atoms with Crippen molar-refractivity contribution in [2.24, 2.45) is 0 Å². The fraction of sp³-hybridized carbons (Fsp3) is 0.0364. The van der Waals surface area contributed by atoms with Gasteiger partial charge in [-0.3, -0.25) is 0 Å². The monoisotopic (exact) mass is 811 g/mol. The highest BCUT2D eigenvalue weighted by molar-refractivity contribution is 5.97. The standard InChI is InChI=1S/C21H15NO3.C21H17NO.C13H13N/c23-21(24)18-8-6-15(14-4-2-1-3-5-14)13-19(18)22-17-7-9-20-16(12-17)10-11-25-20;1-15-7-8-17(16-5-3-2-4-6-16)14-20(15)22-19-9-10-21-18(13-19)11-12-23-21;1-10-7-8-12(9-13(10)14)11-5-3-2-4-6-11/h1-13,22H,(H,23,24);2-14,22H,1H3;2-9H,14H2,1H3. The Labute approximate surface area is 360 Å². The maximum absolute atomic E-state index is 11.6. The lowest BCUT2D eigenvalue weighted by Gasteiger charge is -2.12. The number of nitrogens with two attached hydrogens (primary N) is 1. The average molecular weight is 812 g/mol. The molecule has 0 bridgehead atoms. The normalized spacial score (nSPS) is 10.6. The molecule has 62 heavy (non-hydrogen) atoms. The van der Waals surface area contributed by atoms with Crippen molar-refractivity contribution in [2.75, 3.05) is 16.4 Å². The van der Waals surface area contributed by atoms with Gasteiger partial charge in [-0.15, -0.1) is 0 Å². The first-order valence-electron chi connectivity index (χ1n) is 20.3. The van der Waals surface area contributed by atoms with Crippen molar-refractivity contribution in [3.8, 4) is 33.4 Å². The van der Waals surface area contributed by atoms with Crippen LogP contribution in [0.3, 0.4) is 0 Å². The fourth-order valence-electron chi connectivity index (χ4n) is 7.06. The molecule has 10 rings (SSSR count). The second-order valence-electron chi connectivity index (χ2n) is 14.9. The topological polar surface area (TPSA) is 114 Å². The van der Waals surface area contributed by atoms with Crippen LogP contribution in [-0.4, -0.2) is 11.1 Å². The summed E-state index contributed by atoms with van der Waals surface area (Å²) < 4.78 is 10.7. The number of nitrogen functional groups attached to an aromatic ring is 1. The quantitative estimate of drug-likeness (QED) is 0.113. The van der Waals surface area contributed by atoms with Gasteiger partial charge in [0.05, 0.1) is 23.8 Å². The molecule has 0 aliphatic heterocycles. The fourth-order valence-corrected chi connectivity index (χ4v) is 7.06. The molecule has 0 fully saturated rings. The molecule has 0 atom stereocenters. The lowest BCUT2D eigenvalue weighted by atomic mass is 10.0. The van der Waals surface area contributed by atoms with Gasteiger partial charge >= 0.3 is 5.97 Å². The first-order chi connectivity index (χ1) is 30.3. The lowest BCUT2D eigenvalue weighted by molar-refractivity contribution is 0.0698. The Morgan fingerprint density at radius 1 is 0.452 bits per heavy atom. The molecule has 8 aromatic carbocycles. The second kappa shape index (κ2) is 18.7. The SMILES string of the molecule is Cc1ccc(-c2ccccc2)cc1N.Cc1ccc(-c2ccccc2)cc1Nc1ccc2occc2c1.O=C(O)c1ccc(-c2ccccc2)cc1Nc1ccc2occc2c1. The van der Waals surface area contributed by atoms with Crippen LogP contribution >= 0.6 is 0 Å². The maximum atomic E-state index is 11.6. The van der Waals surface area contributed by atoms with Gasteiger partial charge < -0.3 is 30.3 Å². The molecule has 7 heteroatoms. The Balaban J connectivity index is 0.000000133. The number of carboxylic acids is 1. The van der Waals surface area contributed by atoms with Gasteiger partial charge in [0.15, 0.2) is 0 Å². The van der Waals surface area contributed by atoms with E-state index in [0.717, 1.165) is 61.4 Å². The van der Waals surface area contributed by atoms with Crippen LogP contribution in [-0.2, 0) is 0 Å². The Hall–Kier alpha value is -8.29. The number of hydrogen-bond donors (Lipinski definition) is 4. The minimum absolute atomic E-state index is 0.229. The number of rotatable bonds is 8. The number of aryl methyl sites for hydroxylation is 2. The Bertz CT molecular complexity index is 3080.